The lowest BCUT2D eigenvalue weighted by Crippen LogP contribution is -2.57. The van der Waals surface area contributed by atoms with Crippen LogP contribution in [-0.2, 0) is 19.7 Å². The van der Waals surface area contributed by atoms with E-state index in [2.05, 4.69) is 35.6 Å². The fraction of sp³-hybridized carbons (Fsp3) is 0.667. The second-order valence-corrected chi connectivity index (χ2v) is 10.2. The van der Waals surface area contributed by atoms with E-state index in [0.29, 0.717) is 17.8 Å². The maximum absolute atomic E-state index is 13.2. The van der Waals surface area contributed by atoms with Crippen molar-refractivity contribution in [1.82, 2.24) is 5.32 Å². The summed E-state index contributed by atoms with van der Waals surface area (Å²) in [6.45, 7) is 1.91. The van der Waals surface area contributed by atoms with Crippen LogP contribution in [0.4, 0.5) is 0 Å². The van der Waals surface area contributed by atoms with Crippen LogP contribution >= 0.6 is 0 Å². The zero-order chi connectivity index (χ0) is 19.4. The van der Waals surface area contributed by atoms with Gasteiger partial charge < -0.3 is 10.1 Å². The standard InChI is InChI=1S/C24H31NO3/c1-16(19-7-8-19)25-21(26)14-28-22(27)24-12-17-9-18(13-24)11-23(10-17,15-24)20-5-3-2-4-6-20/h2-6,16-19H,7-15H2,1H3,(H,25,26)/t16-,17-,18+,23?,24?/m1/s1. The number of ether oxygens (including phenoxy) is 1. The monoisotopic (exact) mass is 381 g/mol. The molecule has 5 aliphatic carbocycles. The first-order chi connectivity index (χ1) is 13.5. The molecule has 28 heavy (non-hydrogen) atoms. The zero-order valence-electron chi connectivity index (χ0n) is 16.8. The first kappa shape index (κ1) is 18.2. The van der Waals surface area contributed by atoms with Gasteiger partial charge in [0.2, 0.25) is 0 Å². The van der Waals surface area contributed by atoms with Crippen LogP contribution in [-0.4, -0.2) is 24.5 Å². The van der Waals surface area contributed by atoms with E-state index in [4.69, 9.17) is 4.74 Å². The van der Waals surface area contributed by atoms with Gasteiger partial charge in [-0.15, -0.1) is 0 Å². The molecule has 0 aliphatic heterocycles. The molecule has 6 rings (SSSR count). The Morgan fingerprint density at radius 2 is 1.79 bits per heavy atom. The first-order valence-corrected chi connectivity index (χ1v) is 11.0. The second kappa shape index (κ2) is 6.60. The van der Waals surface area contributed by atoms with E-state index in [1.54, 1.807) is 0 Å². The number of esters is 1. The van der Waals surface area contributed by atoms with E-state index in [1.165, 1.54) is 37.7 Å². The fourth-order valence-corrected chi connectivity index (χ4v) is 6.92. The van der Waals surface area contributed by atoms with Gasteiger partial charge in [0.15, 0.2) is 6.61 Å². The van der Waals surface area contributed by atoms with Crippen molar-refractivity contribution in [3.8, 4) is 0 Å². The van der Waals surface area contributed by atoms with Crippen molar-refractivity contribution in [1.29, 1.82) is 0 Å². The van der Waals surface area contributed by atoms with Crippen LogP contribution in [0.5, 0.6) is 0 Å². The minimum absolute atomic E-state index is 0.118. The Morgan fingerprint density at radius 3 is 2.43 bits per heavy atom. The summed E-state index contributed by atoms with van der Waals surface area (Å²) in [7, 11) is 0. The number of hydrogen-bond donors (Lipinski definition) is 1. The van der Waals surface area contributed by atoms with Gasteiger partial charge in [-0.05, 0) is 87.0 Å². The maximum atomic E-state index is 13.2. The summed E-state index contributed by atoms with van der Waals surface area (Å²) in [5.41, 5.74) is 1.12. The molecule has 0 spiro atoms. The highest BCUT2D eigenvalue weighted by molar-refractivity contribution is 5.83. The normalized spacial score (nSPS) is 36.8. The van der Waals surface area contributed by atoms with Crippen LogP contribution in [0.25, 0.3) is 0 Å². The smallest absolute Gasteiger partial charge is 0.312 e. The molecule has 4 heteroatoms. The van der Waals surface area contributed by atoms with E-state index in [-0.39, 0.29) is 35.4 Å². The molecule has 0 heterocycles. The lowest BCUT2D eigenvalue weighted by molar-refractivity contribution is -0.175. The topological polar surface area (TPSA) is 55.4 Å². The minimum Gasteiger partial charge on any atom is -0.455 e. The summed E-state index contributed by atoms with van der Waals surface area (Å²) in [4.78, 5) is 25.4. The molecule has 1 N–H and O–H groups in total. The van der Waals surface area contributed by atoms with Crippen molar-refractivity contribution in [3.63, 3.8) is 0 Å². The molecule has 5 fully saturated rings. The highest BCUT2D eigenvalue weighted by Gasteiger charge is 2.61. The van der Waals surface area contributed by atoms with Crippen LogP contribution in [0.2, 0.25) is 0 Å². The lowest BCUT2D eigenvalue weighted by atomic mass is 9.43. The van der Waals surface area contributed by atoms with Gasteiger partial charge in [-0.3, -0.25) is 9.59 Å². The summed E-state index contributed by atoms with van der Waals surface area (Å²) < 4.78 is 5.62. The largest absolute Gasteiger partial charge is 0.455 e. The second-order valence-electron chi connectivity index (χ2n) is 10.2. The van der Waals surface area contributed by atoms with Crippen molar-refractivity contribution >= 4 is 11.9 Å². The van der Waals surface area contributed by atoms with Crippen LogP contribution in [0.1, 0.15) is 63.9 Å². The van der Waals surface area contributed by atoms with Gasteiger partial charge >= 0.3 is 5.97 Å². The van der Waals surface area contributed by atoms with Crippen molar-refractivity contribution < 1.29 is 14.3 Å². The fourth-order valence-electron chi connectivity index (χ4n) is 6.92. The van der Waals surface area contributed by atoms with Gasteiger partial charge in [0.1, 0.15) is 0 Å². The van der Waals surface area contributed by atoms with Crippen LogP contribution in [0, 0.1) is 23.2 Å². The predicted molar refractivity (Wildman–Crippen MR) is 107 cm³/mol. The average Bonchev–Trinajstić information content (AvgIpc) is 3.51. The Kier molecular flexibility index (Phi) is 4.29. The molecule has 5 saturated carbocycles. The van der Waals surface area contributed by atoms with E-state index >= 15 is 0 Å². The molecular formula is C24H31NO3. The Labute approximate surface area is 167 Å². The number of rotatable bonds is 6. The molecule has 0 saturated heterocycles. The van der Waals surface area contributed by atoms with Crippen molar-refractivity contribution in [2.24, 2.45) is 23.2 Å². The summed E-state index contributed by atoms with van der Waals surface area (Å²) in [5, 5.41) is 2.99. The van der Waals surface area contributed by atoms with Crippen LogP contribution < -0.4 is 5.32 Å². The molecule has 2 unspecified atom stereocenters. The van der Waals surface area contributed by atoms with Crippen molar-refractivity contribution in [2.75, 3.05) is 6.61 Å². The zero-order valence-corrected chi connectivity index (χ0v) is 16.8. The lowest BCUT2D eigenvalue weighted by Gasteiger charge is -2.61. The summed E-state index contributed by atoms with van der Waals surface area (Å²) >= 11 is 0. The van der Waals surface area contributed by atoms with E-state index in [1.807, 2.05) is 6.92 Å². The van der Waals surface area contributed by atoms with Crippen LogP contribution in [0.15, 0.2) is 30.3 Å². The van der Waals surface area contributed by atoms with Gasteiger partial charge in [-0.2, -0.15) is 0 Å². The summed E-state index contributed by atoms with van der Waals surface area (Å²) in [6.07, 6.45) is 8.79. The molecule has 4 bridgehead atoms. The number of benzene rings is 1. The van der Waals surface area contributed by atoms with E-state index < -0.39 is 0 Å². The molecule has 0 aromatic heterocycles. The van der Waals surface area contributed by atoms with Gasteiger partial charge in [-0.1, -0.05) is 30.3 Å². The van der Waals surface area contributed by atoms with Crippen LogP contribution in [0.3, 0.4) is 0 Å². The highest BCUT2D eigenvalue weighted by atomic mass is 16.5. The van der Waals surface area contributed by atoms with Crippen molar-refractivity contribution in [3.05, 3.63) is 35.9 Å². The number of hydrogen-bond acceptors (Lipinski definition) is 3. The third-order valence-electron chi connectivity index (χ3n) is 7.93. The summed E-state index contributed by atoms with van der Waals surface area (Å²) in [6, 6.07) is 11.0. The maximum Gasteiger partial charge on any atom is 0.312 e. The molecule has 5 atom stereocenters. The van der Waals surface area contributed by atoms with Gasteiger partial charge in [0.25, 0.3) is 5.91 Å². The number of nitrogens with one attached hydrogen (secondary N) is 1. The summed E-state index contributed by atoms with van der Waals surface area (Å²) in [5.74, 6) is 1.54. The van der Waals surface area contributed by atoms with Crippen molar-refractivity contribution in [2.45, 2.75) is 69.7 Å². The number of amides is 1. The predicted octanol–water partition coefficient (Wildman–Crippen LogP) is 3.98. The average molecular weight is 382 g/mol. The SMILES string of the molecule is C[C@@H](NC(=O)COC(=O)C12C[C@H]3C[C@@H](C1)CC(c1ccccc1)(C3)C2)C1CC1. The molecule has 1 aromatic rings. The molecule has 1 aromatic carbocycles. The van der Waals surface area contributed by atoms with Gasteiger partial charge in [-0.25, -0.2) is 0 Å². The van der Waals surface area contributed by atoms with Gasteiger partial charge in [0, 0.05) is 6.04 Å². The molecule has 4 nitrogen and oxygen atoms in total. The van der Waals surface area contributed by atoms with E-state index in [9.17, 15) is 9.59 Å². The Morgan fingerprint density at radius 1 is 1.11 bits per heavy atom. The first-order valence-electron chi connectivity index (χ1n) is 11.0. The Balaban J connectivity index is 1.29. The third-order valence-corrected chi connectivity index (χ3v) is 7.93. The molecule has 5 aliphatic rings. The molecule has 0 radical (unpaired) electrons. The third kappa shape index (κ3) is 3.15. The number of carbonyl (C=O) groups excluding carboxylic acids is 2. The molecule has 150 valence electrons. The Hall–Kier alpha value is -1.84. The van der Waals surface area contributed by atoms with Gasteiger partial charge in [0.05, 0.1) is 5.41 Å². The molecule has 1 amide bonds. The van der Waals surface area contributed by atoms with E-state index in [0.717, 1.165) is 19.3 Å². The molecular weight excluding hydrogens is 350 g/mol. The highest BCUT2D eigenvalue weighted by Crippen LogP contribution is 2.66. The quantitative estimate of drug-likeness (QED) is 0.758. The number of carbonyl (C=O) groups is 2. The Bertz CT molecular complexity index is 755. The minimum atomic E-state index is -0.387.